The first kappa shape index (κ1) is 19.1. The van der Waals surface area contributed by atoms with Gasteiger partial charge in [0, 0.05) is 29.7 Å². The first-order chi connectivity index (χ1) is 14.7. The fourth-order valence-corrected chi connectivity index (χ4v) is 3.16. The molecule has 30 heavy (non-hydrogen) atoms. The number of hydrogen-bond acceptors (Lipinski definition) is 5. The van der Waals surface area contributed by atoms with Gasteiger partial charge in [0.1, 0.15) is 5.82 Å². The number of carbonyl (C=O) groups excluding carboxylic acids is 1. The quantitative estimate of drug-likeness (QED) is 0.401. The summed E-state index contributed by atoms with van der Waals surface area (Å²) in [5, 5.41) is 3.81. The van der Waals surface area contributed by atoms with Crippen molar-refractivity contribution in [2.24, 2.45) is 0 Å². The van der Waals surface area contributed by atoms with Crippen LogP contribution in [0.1, 0.15) is 5.69 Å². The lowest BCUT2D eigenvalue weighted by atomic mass is 10.2. The Morgan fingerprint density at radius 3 is 2.43 bits per heavy atom. The molecule has 6 nitrogen and oxygen atoms in total. The second kappa shape index (κ2) is 8.45. The Kier molecular flexibility index (Phi) is 5.39. The van der Waals surface area contributed by atoms with Gasteiger partial charge in [-0.3, -0.25) is 14.3 Å². The Hall–Kier alpha value is -4.19. The molecule has 6 heteroatoms. The van der Waals surface area contributed by atoms with Gasteiger partial charge in [0.25, 0.3) is 0 Å². The molecule has 0 bridgehead atoms. The topological polar surface area (TPSA) is 73.2 Å². The van der Waals surface area contributed by atoms with Crippen LogP contribution in [0, 0.1) is 0 Å². The van der Waals surface area contributed by atoms with Crippen molar-refractivity contribution in [3.05, 3.63) is 101 Å². The van der Waals surface area contributed by atoms with Crippen molar-refractivity contribution in [3.8, 4) is 5.69 Å². The van der Waals surface area contributed by atoms with Gasteiger partial charge in [0.15, 0.2) is 5.43 Å². The highest BCUT2D eigenvalue weighted by Gasteiger charge is 2.12. The Balaban J connectivity index is 1.95. The zero-order valence-corrected chi connectivity index (χ0v) is 16.3. The fraction of sp³-hybridized carbons (Fsp3) is 0.0417. The van der Waals surface area contributed by atoms with Crippen LogP contribution in [0.5, 0.6) is 0 Å². The van der Waals surface area contributed by atoms with Crippen LogP contribution < -0.4 is 10.7 Å². The second-order valence-corrected chi connectivity index (χ2v) is 6.54. The van der Waals surface area contributed by atoms with Crippen LogP contribution in [-0.2, 0) is 9.53 Å². The minimum Gasteiger partial charge on any atom is -0.466 e. The number of fused-ring (bicyclic) bond motifs is 1. The van der Waals surface area contributed by atoms with Crippen molar-refractivity contribution in [2.45, 2.75) is 0 Å². The van der Waals surface area contributed by atoms with Crippen molar-refractivity contribution in [3.63, 3.8) is 0 Å². The van der Waals surface area contributed by atoms with Crippen molar-refractivity contribution in [1.82, 2.24) is 9.55 Å². The van der Waals surface area contributed by atoms with Crippen LogP contribution in [0.25, 0.3) is 22.7 Å². The molecule has 2 aromatic heterocycles. The number of nitrogens with one attached hydrogen (secondary N) is 1. The van der Waals surface area contributed by atoms with Gasteiger partial charge in [-0.25, -0.2) is 4.79 Å². The summed E-state index contributed by atoms with van der Waals surface area (Å²) >= 11 is 0. The molecule has 0 aliphatic rings. The molecule has 0 aliphatic heterocycles. The Labute approximate surface area is 173 Å². The van der Waals surface area contributed by atoms with Gasteiger partial charge in [0.2, 0.25) is 0 Å². The molecule has 4 rings (SSSR count). The average Bonchev–Trinajstić information content (AvgIpc) is 2.78. The van der Waals surface area contributed by atoms with Crippen molar-refractivity contribution in [2.75, 3.05) is 12.4 Å². The molecule has 1 N–H and O–H groups in total. The van der Waals surface area contributed by atoms with Crippen molar-refractivity contribution < 1.29 is 9.53 Å². The highest BCUT2D eigenvalue weighted by atomic mass is 16.5. The summed E-state index contributed by atoms with van der Waals surface area (Å²) in [6, 6.07) is 22.7. The smallest absolute Gasteiger partial charge is 0.330 e. The Bertz CT molecular complexity index is 1280. The summed E-state index contributed by atoms with van der Waals surface area (Å²) in [6.45, 7) is 0. The Morgan fingerprint density at radius 2 is 1.73 bits per heavy atom. The van der Waals surface area contributed by atoms with Crippen molar-refractivity contribution >= 4 is 34.5 Å². The molecule has 0 aliphatic carbocycles. The van der Waals surface area contributed by atoms with E-state index in [4.69, 9.17) is 0 Å². The van der Waals surface area contributed by atoms with Crippen LogP contribution in [0.4, 0.5) is 11.5 Å². The predicted octanol–water partition coefficient (Wildman–Crippen LogP) is 4.32. The number of esters is 1. The number of hydrogen-bond donors (Lipinski definition) is 1. The van der Waals surface area contributed by atoms with Crippen LogP contribution in [0.3, 0.4) is 0 Å². The molecule has 0 amide bonds. The zero-order valence-electron chi connectivity index (χ0n) is 16.3. The monoisotopic (exact) mass is 397 g/mol. The van der Waals surface area contributed by atoms with Gasteiger partial charge in [0.05, 0.1) is 23.7 Å². The number of benzene rings is 2. The Morgan fingerprint density at radius 1 is 1.03 bits per heavy atom. The number of anilines is 2. The molecule has 0 atom stereocenters. The van der Waals surface area contributed by atoms with E-state index in [1.165, 1.54) is 19.4 Å². The molecular formula is C24H19N3O3. The molecular weight excluding hydrogens is 378 g/mol. The summed E-state index contributed by atoms with van der Waals surface area (Å²) in [5.74, 6) is 0.149. The number of carbonyl (C=O) groups is 1. The lowest BCUT2D eigenvalue weighted by Crippen LogP contribution is -2.13. The van der Waals surface area contributed by atoms with Gasteiger partial charge >= 0.3 is 5.97 Å². The zero-order chi connectivity index (χ0) is 20.9. The van der Waals surface area contributed by atoms with Gasteiger partial charge in [-0.05, 0) is 36.4 Å². The molecule has 0 saturated heterocycles. The SMILES string of the molecule is COC(=O)C=Cc1cc2c(cn1)c(=O)cc(Nc1ccccc1)n2-c1ccccc1. The molecule has 0 fully saturated rings. The molecule has 2 aromatic carbocycles. The highest BCUT2D eigenvalue weighted by Crippen LogP contribution is 2.25. The average molecular weight is 397 g/mol. The highest BCUT2D eigenvalue weighted by molar-refractivity contribution is 5.89. The van der Waals surface area contributed by atoms with E-state index in [1.54, 1.807) is 18.2 Å². The number of para-hydroxylation sites is 2. The lowest BCUT2D eigenvalue weighted by molar-refractivity contribution is -0.134. The number of rotatable bonds is 5. The van der Waals surface area contributed by atoms with E-state index in [2.05, 4.69) is 15.0 Å². The molecule has 0 radical (unpaired) electrons. The van der Waals surface area contributed by atoms with E-state index in [0.717, 1.165) is 11.4 Å². The predicted molar refractivity (Wildman–Crippen MR) is 118 cm³/mol. The van der Waals surface area contributed by atoms with E-state index in [0.29, 0.717) is 22.4 Å². The van der Waals surface area contributed by atoms with Gasteiger partial charge in [-0.2, -0.15) is 0 Å². The van der Waals surface area contributed by atoms with E-state index < -0.39 is 5.97 Å². The minimum atomic E-state index is -0.475. The minimum absolute atomic E-state index is 0.147. The molecule has 148 valence electrons. The van der Waals surface area contributed by atoms with E-state index >= 15 is 0 Å². The van der Waals surface area contributed by atoms with Gasteiger partial charge < -0.3 is 10.1 Å². The molecule has 0 saturated carbocycles. The maximum Gasteiger partial charge on any atom is 0.330 e. The van der Waals surface area contributed by atoms with E-state index in [-0.39, 0.29) is 5.43 Å². The maximum absolute atomic E-state index is 12.8. The second-order valence-electron chi connectivity index (χ2n) is 6.54. The summed E-state index contributed by atoms with van der Waals surface area (Å²) in [5.41, 5.74) is 2.81. The summed E-state index contributed by atoms with van der Waals surface area (Å²) < 4.78 is 6.60. The summed E-state index contributed by atoms with van der Waals surface area (Å²) in [6.07, 6.45) is 4.38. The normalized spacial score (nSPS) is 11.0. The molecule has 4 aromatic rings. The third kappa shape index (κ3) is 3.98. The lowest BCUT2D eigenvalue weighted by Gasteiger charge is -2.18. The number of nitrogens with zero attached hydrogens (tertiary/aromatic N) is 2. The first-order valence-corrected chi connectivity index (χ1v) is 9.35. The van der Waals surface area contributed by atoms with E-state index in [1.807, 2.05) is 65.2 Å². The standard InChI is InChI=1S/C24H19N3O3/c1-30-24(29)13-12-18-14-21-20(16-25-18)22(28)15-23(26-17-8-4-2-5-9-17)27(21)19-10-6-3-7-11-19/h2-16,26H,1H3. The van der Waals surface area contributed by atoms with Gasteiger partial charge in [-0.1, -0.05) is 36.4 Å². The van der Waals surface area contributed by atoms with E-state index in [9.17, 15) is 9.59 Å². The number of ether oxygens (including phenoxy) is 1. The number of aromatic nitrogens is 2. The molecule has 0 unspecified atom stereocenters. The maximum atomic E-state index is 12.8. The van der Waals surface area contributed by atoms with Crippen LogP contribution >= 0.6 is 0 Å². The van der Waals surface area contributed by atoms with Crippen LogP contribution in [0.2, 0.25) is 0 Å². The number of methoxy groups -OCH3 is 1. The number of pyridine rings is 2. The first-order valence-electron chi connectivity index (χ1n) is 9.35. The van der Waals surface area contributed by atoms with Crippen LogP contribution in [0.15, 0.2) is 89.9 Å². The molecule has 0 spiro atoms. The fourth-order valence-electron chi connectivity index (χ4n) is 3.16. The molecule has 2 heterocycles. The van der Waals surface area contributed by atoms with Gasteiger partial charge in [-0.15, -0.1) is 0 Å². The third-order valence-corrected chi connectivity index (χ3v) is 4.57. The summed E-state index contributed by atoms with van der Waals surface area (Å²) in [7, 11) is 1.31. The van der Waals surface area contributed by atoms with Crippen LogP contribution in [-0.4, -0.2) is 22.6 Å². The largest absolute Gasteiger partial charge is 0.466 e. The van der Waals surface area contributed by atoms with Crippen molar-refractivity contribution in [1.29, 1.82) is 0 Å². The third-order valence-electron chi connectivity index (χ3n) is 4.57. The summed E-state index contributed by atoms with van der Waals surface area (Å²) in [4.78, 5) is 28.6.